The highest BCUT2D eigenvalue weighted by molar-refractivity contribution is 5.65. The fraction of sp³-hybridized carbons (Fsp3) is 0.423. The lowest BCUT2D eigenvalue weighted by molar-refractivity contribution is -0.0121. The Morgan fingerprint density at radius 3 is 2.56 bits per heavy atom. The molecule has 0 spiro atoms. The molecule has 0 saturated carbocycles. The zero-order chi connectivity index (χ0) is 24.5. The Morgan fingerprint density at radius 1 is 1.12 bits per heavy atom. The minimum atomic E-state index is -0.663. The second kappa shape index (κ2) is 12.6. The normalized spacial score (nSPS) is 12.5. The van der Waals surface area contributed by atoms with Crippen LogP contribution in [0.3, 0.4) is 0 Å². The number of aliphatic hydroxyl groups excluding tert-OH is 1. The first kappa shape index (κ1) is 25.8. The predicted molar refractivity (Wildman–Crippen MR) is 129 cm³/mol. The van der Waals surface area contributed by atoms with E-state index >= 15 is 0 Å². The second-order valence-electron chi connectivity index (χ2n) is 8.45. The van der Waals surface area contributed by atoms with Gasteiger partial charge in [-0.1, -0.05) is 36.4 Å². The Hall–Kier alpha value is -2.78. The zero-order valence-electron chi connectivity index (χ0n) is 20.3. The van der Waals surface area contributed by atoms with E-state index in [-0.39, 0.29) is 18.5 Å². The molecule has 0 saturated heterocycles. The summed E-state index contributed by atoms with van der Waals surface area (Å²) >= 11 is 0. The summed E-state index contributed by atoms with van der Waals surface area (Å²) in [7, 11) is 3.45. The number of methoxy groups -OCH3 is 1. The third-order valence-corrected chi connectivity index (χ3v) is 5.23. The molecular formula is C26H34FN3O4. The lowest BCUT2D eigenvalue weighted by atomic mass is 10.1. The van der Waals surface area contributed by atoms with Crippen LogP contribution in [-0.4, -0.2) is 65.4 Å². The number of hydrogen-bond donors (Lipinski definition) is 1. The van der Waals surface area contributed by atoms with E-state index in [9.17, 15) is 9.50 Å². The van der Waals surface area contributed by atoms with Gasteiger partial charge in [0, 0.05) is 45.4 Å². The zero-order valence-corrected chi connectivity index (χ0v) is 20.3. The minimum Gasteiger partial charge on any atom is -0.439 e. The number of hydrogen-bond acceptors (Lipinski definition) is 6. The quantitative estimate of drug-likeness (QED) is 0.402. The minimum absolute atomic E-state index is 0.0383. The number of aryl methyl sites for hydroxylation is 1. The van der Waals surface area contributed by atoms with Gasteiger partial charge in [-0.3, -0.25) is 4.90 Å². The van der Waals surface area contributed by atoms with Gasteiger partial charge in [0.15, 0.2) is 0 Å². The molecule has 0 bridgehead atoms. The van der Waals surface area contributed by atoms with Crippen LogP contribution in [0.4, 0.5) is 4.39 Å². The summed E-state index contributed by atoms with van der Waals surface area (Å²) in [4.78, 5) is 2.08. The van der Waals surface area contributed by atoms with Crippen molar-refractivity contribution in [3.05, 3.63) is 66.0 Å². The fourth-order valence-corrected chi connectivity index (χ4v) is 3.63. The van der Waals surface area contributed by atoms with Crippen molar-refractivity contribution < 1.29 is 23.7 Å². The Bertz CT molecular complexity index is 1030. The molecule has 1 atom stereocenters. The molecule has 0 unspecified atom stereocenters. The second-order valence-corrected chi connectivity index (χ2v) is 8.45. The van der Waals surface area contributed by atoms with Crippen molar-refractivity contribution in [2.45, 2.75) is 32.6 Å². The molecule has 0 aliphatic heterocycles. The van der Waals surface area contributed by atoms with E-state index in [4.69, 9.17) is 19.3 Å². The van der Waals surface area contributed by atoms with Crippen molar-refractivity contribution in [2.75, 3.05) is 33.4 Å². The Kier molecular flexibility index (Phi) is 9.59. The van der Waals surface area contributed by atoms with E-state index < -0.39 is 6.10 Å². The van der Waals surface area contributed by atoms with Crippen LogP contribution in [0.1, 0.15) is 19.4 Å². The van der Waals surface area contributed by atoms with Gasteiger partial charge in [0.2, 0.25) is 5.88 Å². The Labute approximate surface area is 200 Å². The van der Waals surface area contributed by atoms with E-state index in [0.29, 0.717) is 37.9 Å². The molecule has 1 N–H and O–H groups in total. The van der Waals surface area contributed by atoms with Crippen molar-refractivity contribution in [1.29, 1.82) is 0 Å². The number of ether oxygens (including phenoxy) is 3. The highest BCUT2D eigenvalue weighted by atomic mass is 19.1. The molecule has 184 valence electrons. The van der Waals surface area contributed by atoms with Crippen LogP contribution in [0.15, 0.2) is 54.6 Å². The largest absolute Gasteiger partial charge is 0.439 e. The van der Waals surface area contributed by atoms with Crippen molar-refractivity contribution in [3.8, 4) is 22.9 Å². The number of halogens is 1. The maximum Gasteiger partial charge on any atom is 0.222 e. The summed E-state index contributed by atoms with van der Waals surface area (Å²) in [5.41, 5.74) is 2.55. The molecule has 8 heteroatoms. The van der Waals surface area contributed by atoms with E-state index in [1.54, 1.807) is 31.0 Å². The predicted octanol–water partition coefficient (Wildman–Crippen LogP) is 4.25. The standard InChI is InChI=1S/C26H34FN3O4/c1-19(2)33-18-22(31)16-30(13-14-32-4)17-24-25(20-9-6-5-7-10-20)28-29(3)26(24)34-23-12-8-11-21(27)15-23/h5-12,15,19,22,31H,13-14,16-18H2,1-4H3/t22-/m1/s1. The monoisotopic (exact) mass is 471 g/mol. The van der Waals surface area contributed by atoms with Gasteiger partial charge in [0.25, 0.3) is 0 Å². The molecule has 0 amide bonds. The van der Waals surface area contributed by atoms with Crippen LogP contribution < -0.4 is 4.74 Å². The van der Waals surface area contributed by atoms with Crippen LogP contribution in [0.2, 0.25) is 0 Å². The van der Waals surface area contributed by atoms with E-state index in [2.05, 4.69) is 4.90 Å². The first-order chi connectivity index (χ1) is 16.4. The van der Waals surface area contributed by atoms with Crippen molar-refractivity contribution in [3.63, 3.8) is 0 Å². The third kappa shape index (κ3) is 7.36. The third-order valence-electron chi connectivity index (χ3n) is 5.23. The summed E-state index contributed by atoms with van der Waals surface area (Å²) in [6.07, 6.45) is -0.625. The van der Waals surface area contributed by atoms with E-state index in [1.807, 2.05) is 44.2 Å². The van der Waals surface area contributed by atoms with Crippen molar-refractivity contribution in [1.82, 2.24) is 14.7 Å². The van der Waals surface area contributed by atoms with Crippen LogP contribution in [0.5, 0.6) is 11.6 Å². The topological polar surface area (TPSA) is 69.0 Å². The van der Waals surface area contributed by atoms with Crippen molar-refractivity contribution in [2.24, 2.45) is 7.05 Å². The van der Waals surface area contributed by atoms with E-state index in [0.717, 1.165) is 16.8 Å². The van der Waals surface area contributed by atoms with Gasteiger partial charge in [-0.05, 0) is 26.0 Å². The van der Waals surface area contributed by atoms with Crippen LogP contribution in [-0.2, 0) is 23.1 Å². The number of benzene rings is 2. The van der Waals surface area contributed by atoms with Gasteiger partial charge in [-0.15, -0.1) is 0 Å². The van der Waals surface area contributed by atoms with Crippen LogP contribution in [0, 0.1) is 5.82 Å². The van der Waals surface area contributed by atoms with Gasteiger partial charge in [0.1, 0.15) is 17.3 Å². The summed E-state index contributed by atoms with van der Waals surface area (Å²) < 4.78 is 32.5. The fourth-order valence-electron chi connectivity index (χ4n) is 3.63. The SMILES string of the molecule is COCCN(Cc1c(-c2ccccc2)nn(C)c1Oc1cccc(F)c1)C[C@@H](O)COC(C)C. The maximum atomic E-state index is 13.8. The maximum absolute atomic E-state index is 13.8. The average molecular weight is 472 g/mol. The summed E-state index contributed by atoms with van der Waals surface area (Å²) in [5, 5.41) is 15.3. The van der Waals surface area contributed by atoms with E-state index in [1.165, 1.54) is 12.1 Å². The molecule has 3 rings (SSSR count). The molecule has 0 fully saturated rings. The number of aliphatic hydroxyl groups is 1. The molecule has 7 nitrogen and oxygen atoms in total. The van der Waals surface area contributed by atoms with Gasteiger partial charge < -0.3 is 19.3 Å². The Balaban J connectivity index is 1.94. The molecule has 0 aliphatic rings. The lowest BCUT2D eigenvalue weighted by Gasteiger charge is -2.25. The van der Waals surface area contributed by atoms with Gasteiger partial charge in [-0.25, -0.2) is 9.07 Å². The molecule has 34 heavy (non-hydrogen) atoms. The molecule has 2 aromatic carbocycles. The van der Waals surface area contributed by atoms with Gasteiger partial charge >= 0.3 is 0 Å². The summed E-state index contributed by atoms with van der Waals surface area (Å²) in [6.45, 7) is 6.05. The number of aromatic nitrogens is 2. The number of rotatable bonds is 13. The molecule has 3 aromatic rings. The molecule has 0 radical (unpaired) electrons. The Morgan fingerprint density at radius 2 is 1.88 bits per heavy atom. The number of nitrogens with zero attached hydrogens (tertiary/aromatic N) is 3. The molecule has 1 aromatic heterocycles. The van der Waals surface area contributed by atoms with Crippen LogP contribution >= 0.6 is 0 Å². The highest BCUT2D eigenvalue weighted by Crippen LogP contribution is 2.34. The molecule has 0 aliphatic carbocycles. The first-order valence-electron chi connectivity index (χ1n) is 11.4. The van der Waals surface area contributed by atoms with Gasteiger partial charge in [-0.2, -0.15) is 5.10 Å². The summed E-state index contributed by atoms with van der Waals surface area (Å²) in [6, 6.07) is 15.9. The molecular weight excluding hydrogens is 437 g/mol. The molecule has 1 heterocycles. The average Bonchev–Trinajstić information content (AvgIpc) is 3.11. The highest BCUT2D eigenvalue weighted by Gasteiger charge is 2.23. The summed E-state index contributed by atoms with van der Waals surface area (Å²) in [5.74, 6) is 0.525. The van der Waals surface area contributed by atoms with Crippen LogP contribution in [0.25, 0.3) is 11.3 Å². The first-order valence-corrected chi connectivity index (χ1v) is 11.4. The lowest BCUT2D eigenvalue weighted by Crippen LogP contribution is -2.37. The smallest absolute Gasteiger partial charge is 0.222 e. The van der Waals surface area contributed by atoms with Gasteiger partial charge in [0.05, 0.1) is 31.0 Å². The van der Waals surface area contributed by atoms with Crippen molar-refractivity contribution >= 4 is 0 Å².